The summed E-state index contributed by atoms with van der Waals surface area (Å²) in [4.78, 5) is 11.0. The zero-order valence-electron chi connectivity index (χ0n) is 9.23. The second kappa shape index (κ2) is 6.24. The van der Waals surface area contributed by atoms with Gasteiger partial charge in [0.2, 0.25) is 0 Å². The van der Waals surface area contributed by atoms with E-state index in [0.29, 0.717) is 0 Å². The molecule has 1 fully saturated rings. The summed E-state index contributed by atoms with van der Waals surface area (Å²) in [6, 6.07) is 7.18. The monoisotopic (exact) mass is 275 g/mol. The van der Waals surface area contributed by atoms with Gasteiger partial charge in [-0.25, -0.2) is 0 Å². The summed E-state index contributed by atoms with van der Waals surface area (Å²) in [5.41, 5.74) is 1.03. The highest BCUT2D eigenvalue weighted by Crippen LogP contribution is 2.25. The first-order valence-corrected chi connectivity index (χ1v) is 5.76. The summed E-state index contributed by atoms with van der Waals surface area (Å²) in [6.45, 7) is 0.770. The van der Waals surface area contributed by atoms with Crippen molar-refractivity contribution in [3.8, 4) is 0 Å². The van der Waals surface area contributed by atoms with Crippen LogP contribution in [0.1, 0.15) is 12.0 Å². The van der Waals surface area contributed by atoms with Gasteiger partial charge in [0.05, 0.1) is 0 Å². The molecule has 2 rings (SSSR count). The number of hydrogen-bond acceptors (Lipinski definition) is 2. The molecule has 1 aromatic carbocycles. The Labute approximate surface area is 112 Å². The number of carboxylic acid groups (broad SMARTS) is 1. The molecule has 0 spiro atoms. The molecule has 2 N–H and O–H groups in total. The lowest BCUT2D eigenvalue weighted by Gasteiger charge is -2.15. The third-order valence-electron chi connectivity index (χ3n) is 3.06. The Kier molecular flexibility index (Phi) is 5.25. The highest BCUT2D eigenvalue weighted by Gasteiger charge is 2.32. The molecule has 0 aromatic heterocycles. The quantitative estimate of drug-likeness (QED) is 0.891. The lowest BCUT2D eigenvalue weighted by molar-refractivity contribution is -0.140. The molecule has 0 bridgehead atoms. The minimum atomic E-state index is -0.769. The van der Waals surface area contributed by atoms with Crippen molar-refractivity contribution in [2.24, 2.45) is 5.92 Å². The van der Waals surface area contributed by atoms with Gasteiger partial charge >= 0.3 is 5.97 Å². The number of carboxylic acids is 1. The van der Waals surface area contributed by atoms with Gasteiger partial charge in [0.15, 0.2) is 0 Å². The van der Waals surface area contributed by atoms with E-state index in [1.165, 1.54) is 0 Å². The van der Waals surface area contributed by atoms with Crippen molar-refractivity contribution in [3.63, 3.8) is 0 Å². The van der Waals surface area contributed by atoms with E-state index in [9.17, 15) is 4.79 Å². The first-order valence-electron chi connectivity index (χ1n) is 5.38. The van der Waals surface area contributed by atoms with Crippen LogP contribution in [0.3, 0.4) is 0 Å². The first-order chi connectivity index (χ1) is 7.68. The van der Waals surface area contributed by atoms with Crippen molar-refractivity contribution in [1.29, 1.82) is 0 Å². The summed E-state index contributed by atoms with van der Waals surface area (Å²) >= 11 is 6.06. The fraction of sp³-hybridized carbons (Fsp3) is 0.417. The summed E-state index contributed by atoms with van der Waals surface area (Å²) in [5.74, 6) is -0.632. The van der Waals surface area contributed by atoms with Crippen LogP contribution in [0.4, 0.5) is 0 Å². The van der Waals surface area contributed by atoms with Gasteiger partial charge in [-0.2, -0.15) is 0 Å². The Hall–Kier alpha value is -0.770. The molecule has 1 aromatic rings. The van der Waals surface area contributed by atoms with E-state index < -0.39 is 12.0 Å². The van der Waals surface area contributed by atoms with Crippen LogP contribution in [0.2, 0.25) is 5.02 Å². The van der Waals surface area contributed by atoms with Crippen molar-refractivity contribution >= 4 is 30.0 Å². The minimum absolute atomic E-state index is 0. The lowest BCUT2D eigenvalue weighted by atomic mass is 9.93. The second-order valence-electron chi connectivity index (χ2n) is 4.11. The maximum Gasteiger partial charge on any atom is 0.320 e. The molecule has 1 unspecified atom stereocenters. The van der Waals surface area contributed by atoms with Crippen LogP contribution in [0, 0.1) is 5.92 Å². The topological polar surface area (TPSA) is 49.3 Å². The Balaban J connectivity index is 0.00000144. The van der Waals surface area contributed by atoms with Crippen molar-refractivity contribution in [2.45, 2.75) is 18.9 Å². The molecule has 1 aliphatic heterocycles. The fourth-order valence-electron chi connectivity index (χ4n) is 2.21. The summed E-state index contributed by atoms with van der Waals surface area (Å²) in [7, 11) is 0. The molecule has 2 atom stereocenters. The van der Waals surface area contributed by atoms with Crippen LogP contribution in [0.25, 0.3) is 0 Å². The Bertz CT molecular complexity index is 398. The Morgan fingerprint density at radius 3 is 2.82 bits per heavy atom. The van der Waals surface area contributed by atoms with Crippen LogP contribution < -0.4 is 5.32 Å². The van der Waals surface area contributed by atoms with E-state index >= 15 is 0 Å². The highest BCUT2D eigenvalue weighted by atomic mass is 35.5. The summed E-state index contributed by atoms with van der Waals surface area (Å²) in [5, 5.41) is 12.8. The maximum absolute atomic E-state index is 11.0. The van der Waals surface area contributed by atoms with Gasteiger partial charge in [0, 0.05) is 5.02 Å². The molecule has 0 radical (unpaired) electrons. The number of rotatable bonds is 3. The molecule has 0 amide bonds. The number of nitrogens with one attached hydrogen (secondary N) is 1. The number of halogens is 2. The average molecular weight is 276 g/mol. The average Bonchev–Trinajstić information content (AvgIpc) is 2.69. The number of carbonyl (C=O) groups is 1. The first kappa shape index (κ1) is 14.3. The number of aliphatic carboxylic acids is 1. The van der Waals surface area contributed by atoms with E-state index in [-0.39, 0.29) is 18.3 Å². The van der Waals surface area contributed by atoms with Crippen LogP contribution >= 0.6 is 24.0 Å². The fourth-order valence-corrected chi connectivity index (χ4v) is 2.43. The second-order valence-corrected chi connectivity index (χ2v) is 4.52. The van der Waals surface area contributed by atoms with Crippen LogP contribution in [0.5, 0.6) is 0 Å². The predicted molar refractivity (Wildman–Crippen MR) is 69.9 cm³/mol. The van der Waals surface area contributed by atoms with Crippen molar-refractivity contribution in [1.82, 2.24) is 5.32 Å². The Morgan fingerprint density at radius 2 is 2.18 bits per heavy atom. The third-order valence-corrected chi connectivity index (χ3v) is 3.43. The Morgan fingerprint density at radius 1 is 1.47 bits per heavy atom. The smallest absolute Gasteiger partial charge is 0.320 e. The summed E-state index contributed by atoms with van der Waals surface area (Å²) < 4.78 is 0. The van der Waals surface area contributed by atoms with E-state index in [4.69, 9.17) is 16.7 Å². The molecule has 17 heavy (non-hydrogen) atoms. The molecule has 94 valence electrons. The van der Waals surface area contributed by atoms with Gasteiger partial charge in [-0.1, -0.05) is 29.8 Å². The van der Waals surface area contributed by atoms with Gasteiger partial charge in [-0.3, -0.25) is 4.79 Å². The standard InChI is InChI=1S/C12H14ClNO2.ClH/c13-10-4-2-1-3-8(10)7-9-5-6-14-11(9)12(15)16;/h1-4,9,11,14H,5-7H2,(H,15,16);1H/t9?,11-;/m0./s1. The molecule has 1 saturated heterocycles. The molecule has 1 aliphatic rings. The lowest BCUT2D eigenvalue weighted by Crippen LogP contribution is -2.36. The minimum Gasteiger partial charge on any atom is -0.480 e. The SMILES string of the molecule is Cl.O=C(O)[C@H]1NCCC1Cc1ccccc1Cl. The van der Waals surface area contributed by atoms with Gasteiger partial charge in [0.1, 0.15) is 6.04 Å². The van der Waals surface area contributed by atoms with E-state index in [1.54, 1.807) is 0 Å². The zero-order valence-corrected chi connectivity index (χ0v) is 10.8. The van der Waals surface area contributed by atoms with Gasteiger partial charge < -0.3 is 10.4 Å². The van der Waals surface area contributed by atoms with E-state index in [1.807, 2.05) is 24.3 Å². The highest BCUT2D eigenvalue weighted by molar-refractivity contribution is 6.31. The predicted octanol–water partition coefficient (Wildman–Crippen LogP) is 2.37. The van der Waals surface area contributed by atoms with Crippen LogP contribution in [-0.4, -0.2) is 23.7 Å². The molecule has 1 heterocycles. The van der Waals surface area contributed by atoms with E-state index in [2.05, 4.69) is 5.32 Å². The summed E-state index contributed by atoms with van der Waals surface area (Å²) in [6.07, 6.45) is 1.62. The molecule has 5 heteroatoms. The molecule has 0 aliphatic carbocycles. The van der Waals surface area contributed by atoms with Crippen molar-refractivity contribution < 1.29 is 9.90 Å². The van der Waals surface area contributed by atoms with Crippen LogP contribution in [0.15, 0.2) is 24.3 Å². The van der Waals surface area contributed by atoms with Gasteiger partial charge in [-0.15, -0.1) is 12.4 Å². The largest absolute Gasteiger partial charge is 0.480 e. The number of benzene rings is 1. The zero-order chi connectivity index (χ0) is 11.5. The van der Waals surface area contributed by atoms with Crippen molar-refractivity contribution in [3.05, 3.63) is 34.9 Å². The van der Waals surface area contributed by atoms with Gasteiger partial charge in [0.25, 0.3) is 0 Å². The van der Waals surface area contributed by atoms with Gasteiger partial charge in [-0.05, 0) is 36.9 Å². The molecule has 0 saturated carbocycles. The van der Waals surface area contributed by atoms with E-state index in [0.717, 1.165) is 30.0 Å². The maximum atomic E-state index is 11.0. The normalized spacial score (nSPS) is 23.1. The third kappa shape index (κ3) is 3.35. The number of hydrogen-bond donors (Lipinski definition) is 2. The molecular weight excluding hydrogens is 261 g/mol. The molecular formula is C12H15Cl2NO2. The van der Waals surface area contributed by atoms with Crippen molar-refractivity contribution in [2.75, 3.05) is 6.54 Å². The molecule has 3 nitrogen and oxygen atoms in total. The van der Waals surface area contributed by atoms with Crippen LogP contribution in [-0.2, 0) is 11.2 Å².